The van der Waals surface area contributed by atoms with Crippen LogP contribution in [0.15, 0.2) is 11.3 Å². The Morgan fingerprint density at radius 3 is 2.17 bits per heavy atom. The summed E-state index contributed by atoms with van der Waals surface area (Å²) in [6.07, 6.45) is 0.890. The summed E-state index contributed by atoms with van der Waals surface area (Å²) in [5, 5.41) is 3.21. The van der Waals surface area contributed by atoms with Gasteiger partial charge in [0.2, 0.25) is 0 Å². The molecule has 1 unspecified atom stereocenters. The highest BCUT2D eigenvalue weighted by Crippen LogP contribution is 2.18. The maximum Gasteiger partial charge on any atom is 0.157 e. The highest BCUT2D eigenvalue weighted by Gasteiger charge is 2.19. The standard InChI is InChI=1S/C8H13NO.C2H6/c1-5-4-8(7(3)10)6(2)9-5;1-2/h5,9H,4H2,1-3H3;1-2H3. The van der Waals surface area contributed by atoms with E-state index in [9.17, 15) is 4.79 Å². The van der Waals surface area contributed by atoms with Crippen LogP contribution < -0.4 is 5.32 Å². The van der Waals surface area contributed by atoms with Crippen molar-refractivity contribution in [3.05, 3.63) is 11.3 Å². The molecule has 2 heteroatoms. The van der Waals surface area contributed by atoms with Gasteiger partial charge in [0.15, 0.2) is 5.78 Å². The van der Waals surface area contributed by atoms with Crippen LogP contribution in [0.25, 0.3) is 0 Å². The van der Waals surface area contributed by atoms with E-state index >= 15 is 0 Å². The Morgan fingerprint density at radius 2 is 2.00 bits per heavy atom. The van der Waals surface area contributed by atoms with Crippen LogP contribution in [0.2, 0.25) is 0 Å². The van der Waals surface area contributed by atoms with Crippen molar-refractivity contribution in [2.45, 2.75) is 47.1 Å². The van der Waals surface area contributed by atoms with Crippen LogP contribution >= 0.6 is 0 Å². The molecule has 0 fully saturated rings. The lowest BCUT2D eigenvalue weighted by Gasteiger charge is -2.01. The molecule has 0 aromatic rings. The van der Waals surface area contributed by atoms with Gasteiger partial charge in [-0.2, -0.15) is 0 Å². The molecule has 1 heterocycles. The summed E-state index contributed by atoms with van der Waals surface area (Å²) >= 11 is 0. The van der Waals surface area contributed by atoms with E-state index in [2.05, 4.69) is 12.2 Å². The van der Waals surface area contributed by atoms with E-state index in [0.29, 0.717) is 6.04 Å². The average molecular weight is 169 g/mol. The fraction of sp³-hybridized carbons (Fsp3) is 0.700. The first-order valence-corrected chi connectivity index (χ1v) is 4.58. The Balaban J connectivity index is 0.000000561. The fourth-order valence-electron chi connectivity index (χ4n) is 1.37. The second kappa shape index (κ2) is 4.96. The molecule has 0 spiro atoms. The molecule has 0 aliphatic carbocycles. The summed E-state index contributed by atoms with van der Waals surface area (Å²) in [6.45, 7) is 9.66. The van der Waals surface area contributed by atoms with Crippen molar-refractivity contribution < 1.29 is 4.79 Å². The van der Waals surface area contributed by atoms with Gasteiger partial charge in [-0.3, -0.25) is 4.79 Å². The molecule has 1 rings (SSSR count). The first-order valence-electron chi connectivity index (χ1n) is 4.58. The Morgan fingerprint density at radius 1 is 1.50 bits per heavy atom. The third-order valence-electron chi connectivity index (χ3n) is 1.85. The third kappa shape index (κ3) is 2.68. The molecule has 0 radical (unpaired) electrons. The average Bonchev–Trinajstić information content (AvgIpc) is 2.34. The molecule has 0 saturated carbocycles. The van der Waals surface area contributed by atoms with Gasteiger partial charge in [0.1, 0.15) is 0 Å². The summed E-state index contributed by atoms with van der Waals surface area (Å²) in [5.74, 6) is 0.203. The van der Waals surface area contributed by atoms with Crippen molar-refractivity contribution in [3.8, 4) is 0 Å². The van der Waals surface area contributed by atoms with E-state index in [1.165, 1.54) is 0 Å². The molecule has 70 valence electrons. The minimum atomic E-state index is 0.203. The van der Waals surface area contributed by atoms with Crippen LogP contribution in [-0.4, -0.2) is 11.8 Å². The van der Waals surface area contributed by atoms with E-state index < -0.39 is 0 Å². The van der Waals surface area contributed by atoms with Crippen LogP contribution in [0.3, 0.4) is 0 Å². The molecular formula is C10H19NO. The molecule has 0 bridgehead atoms. The zero-order valence-electron chi connectivity index (χ0n) is 8.69. The van der Waals surface area contributed by atoms with E-state index in [1.54, 1.807) is 6.92 Å². The second-order valence-corrected chi connectivity index (χ2v) is 2.91. The van der Waals surface area contributed by atoms with Gasteiger partial charge in [-0.1, -0.05) is 13.8 Å². The van der Waals surface area contributed by atoms with Crippen LogP contribution in [-0.2, 0) is 4.79 Å². The summed E-state index contributed by atoms with van der Waals surface area (Å²) in [4.78, 5) is 10.9. The topological polar surface area (TPSA) is 29.1 Å². The number of nitrogens with one attached hydrogen (secondary N) is 1. The van der Waals surface area contributed by atoms with E-state index in [4.69, 9.17) is 0 Å². The van der Waals surface area contributed by atoms with Gasteiger partial charge in [-0.15, -0.1) is 0 Å². The minimum absolute atomic E-state index is 0.203. The van der Waals surface area contributed by atoms with Gasteiger partial charge in [0, 0.05) is 17.3 Å². The van der Waals surface area contributed by atoms with Crippen molar-refractivity contribution >= 4 is 5.78 Å². The van der Waals surface area contributed by atoms with Crippen molar-refractivity contribution in [2.24, 2.45) is 0 Å². The van der Waals surface area contributed by atoms with Gasteiger partial charge in [-0.25, -0.2) is 0 Å². The van der Waals surface area contributed by atoms with Crippen LogP contribution in [0.1, 0.15) is 41.0 Å². The number of ketones is 1. The molecule has 0 saturated heterocycles. The van der Waals surface area contributed by atoms with Crippen LogP contribution in [0.4, 0.5) is 0 Å². The Hall–Kier alpha value is -0.790. The van der Waals surface area contributed by atoms with Gasteiger partial charge in [0.25, 0.3) is 0 Å². The molecule has 2 nitrogen and oxygen atoms in total. The lowest BCUT2D eigenvalue weighted by atomic mass is 10.1. The van der Waals surface area contributed by atoms with E-state index in [-0.39, 0.29) is 5.78 Å². The number of allylic oxidation sites excluding steroid dienone is 1. The largest absolute Gasteiger partial charge is 0.385 e. The molecule has 0 aromatic heterocycles. The van der Waals surface area contributed by atoms with Crippen molar-refractivity contribution in [1.29, 1.82) is 0 Å². The molecule has 0 amide bonds. The molecule has 1 atom stereocenters. The lowest BCUT2D eigenvalue weighted by Crippen LogP contribution is -2.16. The molecule has 1 aliphatic rings. The Kier molecular flexibility index (Phi) is 4.64. The molecule has 1 aliphatic heterocycles. The van der Waals surface area contributed by atoms with Crippen molar-refractivity contribution in [2.75, 3.05) is 0 Å². The Bertz CT molecular complexity index is 194. The van der Waals surface area contributed by atoms with Gasteiger partial charge < -0.3 is 5.32 Å². The summed E-state index contributed by atoms with van der Waals surface area (Å²) in [7, 11) is 0. The van der Waals surface area contributed by atoms with Crippen molar-refractivity contribution in [3.63, 3.8) is 0 Å². The number of hydrogen-bond donors (Lipinski definition) is 1. The zero-order chi connectivity index (χ0) is 9.72. The van der Waals surface area contributed by atoms with Gasteiger partial charge in [-0.05, 0) is 27.2 Å². The Labute approximate surface area is 75.0 Å². The highest BCUT2D eigenvalue weighted by molar-refractivity contribution is 5.94. The zero-order valence-corrected chi connectivity index (χ0v) is 8.69. The van der Waals surface area contributed by atoms with Crippen LogP contribution in [0.5, 0.6) is 0 Å². The SMILES string of the molecule is CC.CC(=O)C1=C(C)NC(C)C1. The quantitative estimate of drug-likeness (QED) is 0.652. The number of carbonyl (C=O) groups is 1. The third-order valence-corrected chi connectivity index (χ3v) is 1.85. The smallest absolute Gasteiger partial charge is 0.157 e. The molecular weight excluding hydrogens is 150 g/mol. The van der Waals surface area contributed by atoms with E-state index in [0.717, 1.165) is 17.7 Å². The normalized spacial score (nSPS) is 21.2. The van der Waals surface area contributed by atoms with Gasteiger partial charge in [0.05, 0.1) is 0 Å². The lowest BCUT2D eigenvalue weighted by molar-refractivity contribution is -0.113. The first-order chi connectivity index (χ1) is 5.61. The highest BCUT2D eigenvalue weighted by atomic mass is 16.1. The summed E-state index contributed by atoms with van der Waals surface area (Å²) in [6, 6.07) is 0.443. The number of hydrogen-bond acceptors (Lipinski definition) is 2. The number of carbonyl (C=O) groups excluding carboxylic acids is 1. The molecule has 12 heavy (non-hydrogen) atoms. The fourth-order valence-corrected chi connectivity index (χ4v) is 1.37. The first kappa shape index (κ1) is 11.2. The maximum absolute atomic E-state index is 10.9. The number of rotatable bonds is 1. The summed E-state index contributed by atoms with van der Waals surface area (Å²) in [5.41, 5.74) is 2.02. The predicted molar refractivity (Wildman–Crippen MR) is 51.9 cm³/mol. The molecule has 1 N–H and O–H groups in total. The number of Topliss-reactive ketones (excluding diaryl/α,β-unsaturated/α-hetero) is 1. The van der Waals surface area contributed by atoms with Gasteiger partial charge >= 0.3 is 0 Å². The van der Waals surface area contributed by atoms with E-state index in [1.807, 2.05) is 20.8 Å². The van der Waals surface area contributed by atoms with Crippen LogP contribution in [0, 0.1) is 0 Å². The molecule has 0 aromatic carbocycles. The monoisotopic (exact) mass is 169 g/mol. The predicted octanol–water partition coefficient (Wildman–Crippen LogP) is 2.26. The minimum Gasteiger partial charge on any atom is -0.385 e. The summed E-state index contributed by atoms with van der Waals surface area (Å²) < 4.78 is 0. The van der Waals surface area contributed by atoms with Crippen molar-refractivity contribution in [1.82, 2.24) is 5.32 Å². The maximum atomic E-state index is 10.9. The second-order valence-electron chi connectivity index (χ2n) is 2.91.